The van der Waals surface area contributed by atoms with Crippen molar-refractivity contribution in [3.63, 3.8) is 0 Å². The van der Waals surface area contributed by atoms with Gasteiger partial charge in [0.15, 0.2) is 15.5 Å². The number of carbonyl (C=O) groups excluding carboxylic acids is 1. The highest BCUT2D eigenvalue weighted by Gasteiger charge is 2.36. The maximum absolute atomic E-state index is 14.3. The minimum Gasteiger partial charge on any atom is -0.490 e. The average Bonchev–Trinajstić information content (AvgIpc) is 3.48. The first kappa shape index (κ1) is 29.4. The lowest BCUT2D eigenvalue weighted by molar-refractivity contribution is 0.0446. The fraction of sp³-hybridized carbons (Fsp3) is 0.312. The molecular formula is C32H33N5O6S. The molecule has 0 saturated carbocycles. The average molecular weight is 616 g/mol. The quantitative estimate of drug-likeness (QED) is 0.331. The van der Waals surface area contributed by atoms with Crippen LogP contribution in [0.15, 0.2) is 84.9 Å². The molecule has 0 aliphatic carbocycles. The number of sulfone groups is 1. The van der Waals surface area contributed by atoms with E-state index in [4.69, 9.17) is 4.74 Å². The Labute approximate surface area is 255 Å². The van der Waals surface area contributed by atoms with Crippen molar-refractivity contribution in [1.29, 1.82) is 0 Å². The fourth-order valence-corrected chi connectivity index (χ4v) is 7.27. The lowest BCUT2D eigenvalue weighted by Crippen LogP contribution is -2.57. The molecule has 1 atom stereocenters. The zero-order valence-corrected chi connectivity index (χ0v) is 24.8. The number of carbonyl (C=O) groups is 2. The van der Waals surface area contributed by atoms with Gasteiger partial charge >= 0.3 is 6.09 Å². The van der Waals surface area contributed by atoms with Crippen molar-refractivity contribution < 1.29 is 27.9 Å². The molecule has 4 aromatic rings. The number of ether oxygens (including phenoxy) is 1. The van der Waals surface area contributed by atoms with Gasteiger partial charge in [-0.25, -0.2) is 17.9 Å². The molecule has 2 amide bonds. The maximum atomic E-state index is 14.3. The second-order valence-electron chi connectivity index (χ2n) is 11.1. The van der Waals surface area contributed by atoms with E-state index >= 15 is 0 Å². The SMILES string of the molecule is O=C(O)N1CCN(C(=O)c2nnn(-c3cccc(OC4CCS(=O)(=O)CC4)c3)c2-c2ccccc2)[C@H](Cc2ccccc2)C1. The van der Waals surface area contributed by atoms with Crippen LogP contribution in [0.25, 0.3) is 16.9 Å². The van der Waals surface area contributed by atoms with Gasteiger partial charge in [0.25, 0.3) is 5.91 Å². The van der Waals surface area contributed by atoms with Crippen LogP contribution in [0.1, 0.15) is 28.9 Å². The van der Waals surface area contributed by atoms with Gasteiger partial charge in [0.05, 0.1) is 23.2 Å². The number of aromatic nitrogens is 3. The maximum Gasteiger partial charge on any atom is 0.407 e. The highest BCUT2D eigenvalue weighted by Crippen LogP contribution is 2.30. The van der Waals surface area contributed by atoms with E-state index in [-0.39, 0.29) is 54.9 Å². The van der Waals surface area contributed by atoms with E-state index in [1.54, 1.807) is 9.58 Å². The number of amides is 2. The summed E-state index contributed by atoms with van der Waals surface area (Å²) in [6.45, 7) is 0.611. The molecule has 0 bridgehead atoms. The Kier molecular flexibility index (Phi) is 8.34. The lowest BCUT2D eigenvalue weighted by Gasteiger charge is -2.40. The van der Waals surface area contributed by atoms with E-state index < -0.39 is 15.9 Å². The van der Waals surface area contributed by atoms with Crippen molar-refractivity contribution in [2.45, 2.75) is 31.4 Å². The molecule has 11 nitrogen and oxygen atoms in total. The number of hydrogen-bond acceptors (Lipinski definition) is 7. The van der Waals surface area contributed by atoms with E-state index in [0.29, 0.717) is 36.4 Å². The Balaban J connectivity index is 1.33. The summed E-state index contributed by atoms with van der Waals surface area (Å²) < 4.78 is 31.5. The molecule has 1 N–H and O–H groups in total. The second kappa shape index (κ2) is 12.5. The molecule has 228 valence electrons. The van der Waals surface area contributed by atoms with Crippen LogP contribution in [0.3, 0.4) is 0 Å². The van der Waals surface area contributed by atoms with Gasteiger partial charge in [0.2, 0.25) is 0 Å². The number of benzene rings is 3. The van der Waals surface area contributed by atoms with Gasteiger partial charge in [-0.2, -0.15) is 0 Å². The molecule has 2 aliphatic rings. The minimum absolute atomic E-state index is 0.107. The van der Waals surface area contributed by atoms with Crippen LogP contribution in [0.2, 0.25) is 0 Å². The monoisotopic (exact) mass is 615 g/mol. The van der Waals surface area contributed by atoms with Crippen molar-refractivity contribution in [3.8, 4) is 22.7 Å². The Hall–Kier alpha value is -4.71. The van der Waals surface area contributed by atoms with Gasteiger partial charge in [-0.1, -0.05) is 71.9 Å². The second-order valence-corrected chi connectivity index (χ2v) is 13.4. The van der Waals surface area contributed by atoms with Gasteiger partial charge in [0.1, 0.15) is 17.5 Å². The summed E-state index contributed by atoms with van der Waals surface area (Å²) in [4.78, 5) is 29.2. The van der Waals surface area contributed by atoms with Crippen molar-refractivity contribution in [3.05, 3.63) is 96.2 Å². The molecule has 1 aromatic heterocycles. The van der Waals surface area contributed by atoms with Crippen molar-refractivity contribution >= 4 is 21.8 Å². The van der Waals surface area contributed by atoms with E-state index in [9.17, 15) is 23.1 Å². The largest absolute Gasteiger partial charge is 0.490 e. The summed E-state index contributed by atoms with van der Waals surface area (Å²) in [5.41, 5.74) is 3.06. The van der Waals surface area contributed by atoms with Crippen molar-refractivity contribution in [1.82, 2.24) is 24.8 Å². The molecule has 2 saturated heterocycles. The van der Waals surface area contributed by atoms with E-state index in [2.05, 4.69) is 10.3 Å². The number of piperazine rings is 1. The number of nitrogens with zero attached hydrogens (tertiary/aromatic N) is 5. The summed E-state index contributed by atoms with van der Waals surface area (Å²) in [5, 5.41) is 18.5. The van der Waals surface area contributed by atoms with Crippen LogP contribution < -0.4 is 4.74 Å². The summed E-state index contributed by atoms with van der Waals surface area (Å²) in [6, 6.07) is 26.0. The molecule has 0 radical (unpaired) electrons. The number of carboxylic acid groups (broad SMARTS) is 1. The molecule has 3 heterocycles. The third-order valence-electron chi connectivity index (χ3n) is 8.11. The molecule has 0 spiro atoms. The molecule has 12 heteroatoms. The molecule has 0 unspecified atom stereocenters. The Morgan fingerprint density at radius 2 is 1.61 bits per heavy atom. The Morgan fingerprint density at radius 1 is 0.909 bits per heavy atom. The van der Waals surface area contributed by atoms with Crippen LogP contribution in [0.5, 0.6) is 5.75 Å². The van der Waals surface area contributed by atoms with E-state index in [1.807, 2.05) is 84.9 Å². The van der Waals surface area contributed by atoms with Gasteiger partial charge in [-0.05, 0) is 37.0 Å². The summed E-state index contributed by atoms with van der Waals surface area (Å²) >= 11 is 0. The first-order chi connectivity index (χ1) is 21.3. The molecule has 2 fully saturated rings. The van der Waals surface area contributed by atoms with Crippen LogP contribution in [0.4, 0.5) is 4.79 Å². The van der Waals surface area contributed by atoms with Gasteiger partial charge in [-0.15, -0.1) is 5.10 Å². The van der Waals surface area contributed by atoms with Crippen LogP contribution in [0, 0.1) is 0 Å². The van der Waals surface area contributed by atoms with Crippen LogP contribution in [-0.4, -0.2) is 93.6 Å². The third kappa shape index (κ3) is 6.45. The zero-order chi connectivity index (χ0) is 30.7. The smallest absolute Gasteiger partial charge is 0.407 e. The molecular weight excluding hydrogens is 582 g/mol. The van der Waals surface area contributed by atoms with Crippen LogP contribution >= 0.6 is 0 Å². The molecule has 2 aliphatic heterocycles. The molecule has 3 aromatic carbocycles. The fourth-order valence-electron chi connectivity index (χ4n) is 5.82. The predicted octanol–water partition coefficient (Wildman–Crippen LogP) is 3.94. The van der Waals surface area contributed by atoms with Gasteiger partial charge < -0.3 is 19.6 Å². The molecule has 44 heavy (non-hydrogen) atoms. The zero-order valence-electron chi connectivity index (χ0n) is 24.0. The van der Waals surface area contributed by atoms with Crippen LogP contribution in [-0.2, 0) is 16.3 Å². The summed E-state index contributed by atoms with van der Waals surface area (Å²) in [5.74, 6) is 0.463. The predicted molar refractivity (Wildman–Crippen MR) is 164 cm³/mol. The first-order valence-corrected chi connectivity index (χ1v) is 16.4. The summed E-state index contributed by atoms with van der Waals surface area (Å²) in [6.07, 6.45) is 0.142. The highest BCUT2D eigenvalue weighted by molar-refractivity contribution is 7.91. The van der Waals surface area contributed by atoms with E-state index in [0.717, 1.165) is 11.1 Å². The summed E-state index contributed by atoms with van der Waals surface area (Å²) in [7, 11) is -3.01. The minimum atomic E-state index is -3.01. The number of rotatable bonds is 7. The topological polar surface area (TPSA) is 135 Å². The van der Waals surface area contributed by atoms with E-state index in [1.165, 1.54) is 4.90 Å². The number of hydrogen-bond donors (Lipinski definition) is 1. The van der Waals surface area contributed by atoms with Gasteiger partial charge in [-0.3, -0.25) is 4.79 Å². The lowest BCUT2D eigenvalue weighted by atomic mass is 10.0. The standard InChI is InChI=1S/C32H33N5O6S/c38-31(36-17-16-35(32(39)40)22-26(36)20-23-8-3-1-4-9-23)29-30(24-10-5-2-6-11-24)37(34-33-29)25-12-7-13-28(21-25)43-27-14-18-44(41,42)19-15-27/h1-13,21,26-27H,14-20,22H2,(H,39,40)/t26-/m1/s1. The normalized spacial score (nSPS) is 18.6. The Morgan fingerprint density at radius 3 is 2.32 bits per heavy atom. The highest BCUT2D eigenvalue weighted by atomic mass is 32.2. The van der Waals surface area contributed by atoms with Crippen molar-refractivity contribution in [2.75, 3.05) is 31.1 Å². The Bertz CT molecular complexity index is 1730. The molecule has 6 rings (SSSR count). The van der Waals surface area contributed by atoms with Gasteiger partial charge in [0, 0.05) is 31.3 Å². The first-order valence-electron chi connectivity index (χ1n) is 14.6. The van der Waals surface area contributed by atoms with Crippen molar-refractivity contribution in [2.24, 2.45) is 0 Å². The third-order valence-corrected chi connectivity index (χ3v) is 9.83.